The Balaban J connectivity index is 2.55. The first-order valence-corrected chi connectivity index (χ1v) is 6.16. The van der Waals surface area contributed by atoms with Crippen molar-refractivity contribution in [3.63, 3.8) is 0 Å². The summed E-state index contributed by atoms with van der Waals surface area (Å²) >= 11 is 0. The number of benzene rings is 1. The molecule has 1 aromatic rings. The molecule has 0 heterocycles. The number of hydrogen-bond acceptors (Lipinski definition) is 3. The van der Waals surface area contributed by atoms with Gasteiger partial charge in [-0.25, -0.2) is 0 Å². The van der Waals surface area contributed by atoms with Crippen LogP contribution in [0.15, 0.2) is 24.3 Å². The Hall–Kier alpha value is -1.76. The molecule has 3 N–H and O–H groups in total. The van der Waals surface area contributed by atoms with Gasteiger partial charge in [0.1, 0.15) is 5.75 Å². The molecule has 0 aliphatic heterocycles. The van der Waals surface area contributed by atoms with E-state index in [-0.39, 0.29) is 29.7 Å². The topological polar surface area (TPSA) is 64.4 Å². The maximum Gasteiger partial charge on any atom is 0.573 e. The first kappa shape index (κ1) is 16.3. The minimum Gasteiger partial charge on any atom is -0.406 e. The van der Waals surface area contributed by atoms with Gasteiger partial charge in [0.15, 0.2) is 0 Å². The number of rotatable bonds is 6. The number of carbonyl (C=O) groups excluding carboxylic acids is 1. The molecular formula is C13H17F3N2O2. The van der Waals surface area contributed by atoms with Crippen molar-refractivity contribution in [1.29, 1.82) is 0 Å². The standard InChI is InChI=1S/C13H17F3N2O2/c1-9(8-17)5-6-12(19)18-10-3-2-4-11(7-10)20-13(14,15)16/h2-4,7,9H,5-6,8,17H2,1H3,(H,18,19). The summed E-state index contributed by atoms with van der Waals surface area (Å²) < 4.78 is 40.0. The zero-order valence-corrected chi connectivity index (χ0v) is 11.0. The van der Waals surface area contributed by atoms with Crippen molar-refractivity contribution in [3.05, 3.63) is 24.3 Å². The number of nitrogens with two attached hydrogens (primary N) is 1. The van der Waals surface area contributed by atoms with Gasteiger partial charge in [-0.3, -0.25) is 4.79 Å². The Morgan fingerprint density at radius 3 is 2.75 bits per heavy atom. The fourth-order valence-electron chi connectivity index (χ4n) is 1.49. The van der Waals surface area contributed by atoms with Gasteiger partial charge in [0.05, 0.1) is 0 Å². The molecule has 0 aromatic heterocycles. The molecule has 0 spiro atoms. The van der Waals surface area contributed by atoms with E-state index >= 15 is 0 Å². The van der Waals surface area contributed by atoms with Gasteiger partial charge in [0.25, 0.3) is 0 Å². The van der Waals surface area contributed by atoms with Crippen LogP contribution in [0.25, 0.3) is 0 Å². The van der Waals surface area contributed by atoms with Crippen LogP contribution in [0.1, 0.15) is 19.8 Å². The van der Waals surface area contributed by atoms with E-state index in [0.717, 1.165) is 6.07 Å². The molecule has 0 aliphatic carbocycles. The third-order valence-corrected chi connectivity index (χ3v) is 2.62. The van der Waals surface area contributed by atoms with Gasteiger partial charge >= 0.3 is 6.36 Å². The van der Waals surface area contributed by atoms with E-state index in [1.807, 2.05) is 6.92 Å². The van der Waals surface area contributed by atoms with Crippen LogP contribution < -0.4 is 15.8 Å². The molecule has 7 heteroatoms. The number of nitrogens with one attached hydrogen (secondary N) is 1. The lowest BCUT2D eigenvalue weighted by Crippen LogP contribution is -2.18. The number of ether oxygens (including phenoxy) is 1. The van der Waals surface area contributed by atoms with Gasteiger partial charge in [0.2, 0.25) is 5.91 Å². The van der Waals surface area contributed by atoms with Crippen LogP contribution in [0.2, 0.25) is 0 Å². The zero-order chi connectivity index (χ0) is 15.2. The maximum atomic E-state index is 12.1. The lowest BCUT2D eigenvalue weighted by Gasteiger charge is -2.11. The average molecular weight is 290 g/mol. The molecule has 0 fully saturated rings. The summed E-state index contributed by atoms with van der Waals surface area (Å²) in [5.74, 6) is -0.416. The quantitative estimate of drug-likeness (QED) is 0.846. The summed E-state index contributed by atoms with van der Waals surface area (Å²) in [7, 11) is 0. The van der Waals surface area contributed by atoms with Gasteiger partial charge in [0, 0.05) is 18.2 Å². The summed E-state index contributed by atoms with van der Waals surface area (Å²) in [5, 5.41) is 2.52. The van der Waals surface area contributed by atoms with E-state index in [9.17, 15) is 18.0 Å². The molecule has 0 aliphatic rings. The predicted molar refractivity (Wildman–Crippen MR) is 69.2 cm³/mol. The summed E-state index contributed by atoms with van der Waals surface area (Å²) in [6, 6.07) is 5.16. The van der Waals surface area contributed by atoms with Crippen LogP contribution in [-0.4, -0.2) is 18.8 Å². The molecular weight excluding hydrogens is 273 g/mol. The Bertz CT molecular complexity index is 449. The van der Waals surface area contributed by atoms with Crippen molar-refractivity contribution < 1.29 is 22.7 Å². The minimum absolute atomic E-state index is 0.223. The average Bonchev–Trinajstić information content (AvgIpc) is 2.34. The molecule has 1 atom stereocenters. The maximum absolute atomic E-state index is 12.1. The molecule has 20 heavy (non-hydrogen) atoms. The van der Waals surface area contributed by atoms with Gasteiger partial charge in [-0.1, -0.05) is 13.0 Å². The van der Waals surface area contributed by atoms with Crippen LogP contribution in [0.3, 0.4) is 0 Å². The molecule has 112 valence electrons. The third kappa shape index (κ3) is 6.42. The van der Waals surface area contributed by atoms with Crippen LogP contribution in [-0.2, 0) is 4.79 Å². The highest BCUT2D eigenvalue weighted by Crippen LogP contribution is 2.25. The van der Waals surface area contributed by atoms with E-state index in [4.69, 9.17) is 5.73 Å². The van der Waals surface area contributed by atoms with Gasteiger partial charge in [-0.05, 0) is 31.0 Å². The van der Waals surface area contributed by atoms with E-state index in [1.54, 1.807) is 0 Å². The normalized spacial score (nSPS) is 12.8. The first-order chi connectivity index (χ1) is 9.30. The van der Waals surface area contributed by atoms with E-state index in [2.05, 4.69) is 10.1 Å². The van der Waals surface area contributed by atoms with Gasteiger partial charge < -0.3 is 15.8 Å². The first-order valence-electron chi connectivity index (χ1n) is 6.16. The highest BCUT2D eigenvalue weighted by Gasteiger charge is 2.31. The number of carbonyl (C=O) groups is 1. The highest BCUT2D eigenvalue weighted by molar-refractivity contribution is 5.90. The second kappa shape index (κ2) is 7.14. The predicted octanol–water partition coefficient (Wildman–Crippen LogP) is 2.90. The monoisotopic (exact) mass is 290 g/mol. The molecule has 4 nitrogen and oxygen atoms in total. The second-order valence-electron chi connectivity index (χ2n) is 4.50. The van der Waals surface area contributed by atoms with Crippen molar-refractivity contribution in [2.45, 2.75) is 26.1 Å². The summed E-state index contributed by atoms with van der Waals surface area (Å²) in [6.07, 6.45) is -3.86. The zero-order valence-electron chi connectivity index (χ0n) is 11.0. The molecule has 0 radical (unpaired) electrons. The Kier molecular flexibility index (Phi) is 5.82. The van der Waals surface area contributed by atoms with Crippen LogP contribution >= 0.6 is 0 Å². The van der Waals surface area contributed by atoms with E-state index in [0.29, 0.717) is 13.0 Å². The van der Waals surface area contributed by atoms with Crippen LogP contribution in [0, 0.1) is 5.92 Å². The molecule has 1 aromatic carbocycles. The molecule has 0 saturated heterocycles. The van der Waals surface area contributed by atoms with Crippen LogP contribution in [0.4, 0.5) is 18.9 Å². The largest absolute Gasteiger partial charge is 0.573 e. The van der Waals surface area contributed by atoms with Gasteiger partial charge in [-0.15, -0.1) is 13.2 Å². The summed E-state index contributed by atoms with van der Waals surface area (Å²) in [5.41, 5.74) is 5.70. The number of anilines is 1. The lowest BCUT2D eigenvalue weighted by atomic mass is 10.1. The summed E-state index contributed by atoms with van der Waals surface area (Å²) in [4.78, 5) is 11.6. The summed E-state index contributed by atoms with van der Waals surface area (Å²) in [6.45, 7) is 2.41. The van der Waals surface area contributed by atoms with Crippen molar-refractivity contribution in [3.8, 4) is 5.75 Å². The number of amides is 1. The van der Waals surface area contributed by atoms with Crippen molar-refractivity contribution in [2.75, 3.05) is 11.9 Å². The second-order valence-corrected chi connectivity index (χ2v) is 4.50. The molecule has 1 rings (SSSR count). The minimum atomic E-state index is -4.75. The SMILES string of the molecule is CC(CN)CCC(=O)Nc1cccc(OC(F)(F)F)c1. The number of alkyl halides is 3. The van der Waals surface area contributed by atoms with Gasteiger partial charge in [-0.2, -0.15) is 0 Å². The fraction of sp³-hybridized carbons (Fsp3) is 0.462. The van der Waals surface area contributed by atoms with E-state index < -0.39 is 6.36 Å². The highest BCUT2D eigenvalue weighted by atomic mass is 19.4. The van der Waals surface area contributed by atoms with Crippen molar-refractivity contribution >= 4 is 11.6 Å². The lowest BCUT2D eigenvalue weighted by molar-refractivity contribution is -0.274. The third-order valence-electron chi connectivity index (χ3n) is 2.62. The molecule has 0 bridgehead atoms. The number of halogens is 3. The van der Waals surface area contributed by atoms with E-state index in [1.165, 1.54) is 18.2 Å². The Morgan fingerprint density at radius 2 is 2.15 bits per heavy atom. The van der Waals surface area contributed by atoms with Crippen LogP contribution in [0.5, 0.6) is 5.75 Å². The number of hydrogen-bond donors (Lipinski definition) is 2. The smallest absolute Gasteiger partial charge is 0.406 e. The molecule has 1 unspecified atom stereocenters. The van der Waals surface area contributed by atoms with Crippen molar-refractivity contribution in [1.82, 2.24) is 0 Å². The Morgan fingerprint density at radius 1 is 1.45 bits per heavy atom. The Labute approximate surface area is 115 Å². The fourth-order valence-corrected chi connectivity index (χ4v) is 1.49. The molecule has 0 saturated carbocycles. The molecule has 1 amide bonds. The van der Waals surface area contributed by atoms with Crippen molar-refractivity contribution in [2.24, 2.45) is 11.7 Å².